The molecule has 0 heterocycles. The highest BCUT2D eigenvalue weighted by atomic mass is 16.6. The zero-order valence-corrected chi connectivity index (χ0v) is 23.6. The lowest BCUT2D eigenvalue weighted by Gasteiger charge is -2.30. The maximum atomic E-state index is 13.3. The average molecular weight is 555 g/mol. The molecular weight excluding hydrogens is 512 g/mol. The fraction of sp³-hybridized carbons (Fsp3) is 0.469. The number of unbranched alkanes of at least 4 members (excludes halogenated alkanes) is 6. The molecule has 218 valence electrons. The Kier molecular flexibility index (Phi) is 15.1. The summed E-state index contributed by atoms with van der Waals surface area (Å²) >= 11 is 0. The summed E-state index contributed by atoms with van der Waals surface area (Å²) in [5, 5.41) is 0. The van der Waals surface area contributed by atoms with E-state index in [1.165, 1.54) is 0 Å². The van der Waals surface area contributed by atoms with Gasteiger partial charge in [-0.1, -0.05) is 37.8 Å². The van der Waals surface area contributed by atoms with Crippen LogP contribution in [-0.2, 0) is 33.3 Å². The van der Waals surface area contributed by atoms with Crippen LogP contribution in [-0.4, -0.2) is 49.9 Å². The van der Waals surface area contributed by atoms with Crippen LogP contribution in [0.15, 0.2) is 73.6 Å². The van der Waals surface area contributed by atoms with E-state index in [9.17, 15) is 14.4 Å². The van der Waals surface area contributed by atoms with Crippen LogP contribution >= 0.6 is 0 Å². The van der Waals surface area contributed by atoms with Crippen molar-refractivity contribution >= 4 is 17.9 Å². The van der Waals surface area contributed by atoms with Crippen molar-refractivity contribution in [3.63, 3.8) is 0 Å². The summed E-state index contributed by atoms with van der Waals surface area (Å²) in [6.45, 7) is 10.3. The van der Waals surface area contributed by atoms with Crippen molar-refractivity contribution in [3.8, 4) is 5.75 Å². The van der Waals surface area contributed by atoms with Gasteiger partial charge in [0.2, 0.25) is 0 Å². The molecule has 0 bridgehead atoms. The van der Waals surface area contributed by atoms with E-state index in [0.29, 0.717) is 44.4 Å². The van der Waals surface area contributed by atoms with Gasteiger partial charge in [-0.3, -0.25) is 0 Å². The molecule has 0 radical (unpaired) electrons. The van der Waals surface area contributed by atoms with Crippen LogP contribution in [0.3, 0.4) is 0 Å². The third kappa shape index (κ3) is 12.0. The first-order chi connectivity index (χ1) is 19.4. The predicted octanol–water partition coefficient (Wildman–Crippen LogP) is 6.10. The van der Waals surface area contributed by atoms with E-state index in [-0.39, 0.29) is 0 Å². The lowest BCUT2D eigenvalue weighted by atomic mass is 9.94. The van der Waals surface area contributed by atoms with Crippen LogP contribution in [0.2, 0.25) is 0 Å². The molecule has 0 spiro atoms. The molecule has 1 unspecified atom stereocenters. The van der Waals surface area contributed by atoms with Crippen molar-refractivity contribution in [1.29, 1.82) is 0 Å². The number of allylic oxidation sites excluding steroid dienone is 1. The van der Waals surface area contributed by atoms with Crippen LogP contribution in [0.1, 0.15) is 63.4 Å². The summed E-state index contributed by atoms with van der Waals surface area (Å²) in [5.41, 5.74) is -0.376. The summed E-state index contributed by atoms with van der Waals surface area (Å²) in [5.74, 6) is -0.0883. The van der Waals surface area contributed by atoms with Crippen molar-refractivity contribution < 1.29 is 38.1 Å². The van der Waals surface area contributed by atoms with Gasteiger partial charge in [-0.2, -0.15) is 0 Å². The lowest BCUT2D eigenvalue weighted by Crippen LogP contribution is -2.44. The molecule has 8 heteroatoms. The van der Waals surface area contributed by atoms with E-state index in [2.05, 4.69) is 13.2 Å². The van der Waals surface area contributed by atoms with Gasteiger partial charge in [-0.15, -0.1) is 0 Å². The average Bonchev–Trinajstić information content (AvgIpc) is 2.97. The summed E-state index contributed by atoms with van der Waals surface area (Å²) in [4.78, 5) is 35.5. The molecule has 0 aromatic heterocycles. The van der Waals surface area contributed by atoms with E-state index in [0.717, 1.165) is 69.1 Å². The highest BCUT2D eigenvalue weighted by Gasteiger charge is 2.40. The Balaban J connectivity index is 1.82. The largest absolute Gasteiger partial charge is 0.494 e. The van der Waals surface area contributed by atoms with E-state index in [4.69, 9.17) is 23.7 Å². The molecule has 0 amide bonds. The molecule has 1 aliphatic carbocycles. The Morgan fingerprint density at radius 3 is 1.95 bits per heavy atom. The fourth-order valence-corrected chi connectivity index (χ4v) is 3.91. The normalized spacial score (nSPS) is 16.0. The molecular formula is C32H42O8. The number of para-hydroxylation sites is 1. The maximum absolute atomic E-state index is 13.3. The molecule has 0 N–H and O–H groups in total. The number of aryl methyl sites for hydroxylation is 1. The smallest absolute Gasteiger partial charge is 0.348 e. The van der Waals surface area contributed by atoms with Gasteiger partial charge in [0.25, 0.3) is 0 Å². The third-order valence-electron chi connectivity index (χ3n) is 6.29. The van der Waals surface area contributed by atoms with Gasteiger partial charge in [0.05, 0.1) is 19.8 Å². The number of rotatable bonds is 20. The molecule has 1 aromatic carbocycles. The minimum Gasteiger partial charge on any atom is -0.494 e. The first kappa shape index (κ1) is 32.6. The Morgan fingerprint density at radius 1 is 0.825 bits per heavy atom. The molecule has 1 atom stereocenters. The van der Waals surface area contributed by atoms with Gasteiger partial charge >= 0.3 is 17.9 Å². The molecule has 0 saturated carbocycles. The second-order valence-corrected chi connectivity index (χ2v) is 9.46. The second-order valence-electron chi connectivity index (χ2n) is 9.46. The minimum absolute atomic E-state index is 0.301. The van der Waals surface area contributed by atoms with Gasteiger partial charge in [0.1, 0.15) is 11.5 Å². The predicted molar refractivity (Wildman–Crippen MR) is 153 cm³/mol. The van der Waals surface area contributed by atoms with Gasteiger partial charge in [-0.05, 0) is 81.7 Å². The van der Waals surface area contributed by atoms with Crippen LogP contribution in [0.5, 0.6) is 5.75 Å². The summed E-state index contributed by atoms with van der Waals surface area (Å²) in [6.07, 6.45) is 14.8. The van der Waals surface area contributed by atoms with Crippen LogP contribution < -0.4 is 4.74 Å². The number of carbonyl (C=O) groups excluding carboxylic acids is 3. The SMILES string of the molecule is C=CC(=O)OCCCCCCOC1=CCC(OCCCCCCOC(=O)C=C)(C(=O)Oc2ccccc2C)C=C1. The monoisotopic (exact) mass is 554 g/mol. The van der Waals surface area contributed by atoms with Crippen molar-refractivity contribution in [2.24, 2.45) is 0 Å². The number of benzene rings is 1. The van der Waals surface area contributed by atoms with E-state index in [1.54, 1.807) is 18.2 Å². The topological polar surface area (TPSA) is 97.4 Å². The standard InChI is InChI=1S/C32H42O8/c1-4-29(33)37-23-13-7-6-12-22-36-27-18-20-32(21-19-27,31(35)40-28-17-11-10-16-26(28)3)39-25-15-9-8-14-24-38-30(34)5-2/h4-5,10-11,16-20H,1-2,6-9,12-15,21-25H2,3H3. The molecule has 2 rings (SSSR count). The van der Waals surface area contributed by atoms with E-state index >= 15 is 0 Å². The number of carbonyl (C=O) groups is 3. The third-order valence-corrected chi connectivity index (χ3v) is 6.29. The number of hydrogen-bond donors (Lipinski definition) is 0. The second kappa shape index (κ2) is 18.6. The van der Waals surface area contributed by atoms with Gasteiger partial charge in [0.15, 0.2) is 5.60 Å². The molecule has 0 aliphatic heterocycles. The first-order valence-corrected chi connectivity index (χ1v) is 13.9. The van der Waals surface area contributed by atoms with Crippen LogP contribution in [0, 0.1) is 6.92 Å². The van der Waals surface area contributed by atoms with Crippen molar-refractivity contribution in [1.82, 2.24) is 0 Å². The minimum atomic E-state index is -1.24. The van der Waals surface area contributed by atoms with E-state index in [1.807, 2.05) is 31.2 Å². The molecule has 8 nitrogen and oxygen atoms in total. The Hall–Kier alpha value is -3.65. The fourth-order valence-electron chi connectivity index (χ4n) is 3.91. The molecule has 0 saturated heterocycles. The Morgan fingerprint density at radius 2 is 1.40 bits per heavy atom. The number of ether oxygens (including phenoxy) is 5. The van der Waals surface area contributed by atoms with Gasteiger partial charge < -0.3 is 23.7 Å². The molecule has 0 fully saturated rings. The summed E-state index contributed by atoms with van der Waals surface area (Å²) in [6, 6.07) is 7.37. The van der Waals surface area contributed by atoms with Crippen LogP contribution in [0.25, 0.3) is 0 Å². The molecule has 40 heavy (non-hydrogen) atoms. The quantitative estimate of drug-likeness (QED) is 0.0826. The van der Waals surface area contributed by atoms with Gasteiger partial charge in [-0.25, -0.2) is 14.4 Å². The lowest BCUT2D eigenvalue weighted by molar-refractivity contribution is -0.156. The van der Waals surface area contributed by atoms with E-state index < -0.39 is 23.5 Å². The first-order valence-electron chi connectivity index (χ1n) is 13.9. The molecule has 1 aromatic rings. The van der Waals surface area contributed by atoms with Crippen LogP contribution in [0.4, 0.5) is 0 Å². The number of esters is 3. The zero-order valence-electron chi connectivity index (χ0n) is 23.6. The maximum Gasteiger partial charge on any atom is 0.348 e. The zero-order chi connectivity index (χ0) is 29.1. The summed E-state index contributed by atoms with van der Waals surface area (Å²) < 4.78 is 27.8. The highest BCUT2D eigenvalue weighted by Crippen LogP contribution is 2.29. The van der Waals surface area contributed by atoms with Gasteiger partial charge in [0, 0.05) is 25.2 Å². The van der Waals surface area contributed by atoms with Crippen molar-refractivity contribution in [2.75, 3.05) is 26.4 Å². The highest BCUT2D eigenvalue weighted by molar-refractivity contribution is 5.85. The van der Waals surface area contributed by atoms with Crippen molar-refractivity contribution in [3.05, 3.63) is 79.1 Å². The Labute approximate surface area is 237 Å². The molecule has 1 aliphatic rings. The number of hydrogen-bond acceptors (Lipinski definition) is 8. The van der Waals surface area contributed by atoms with Crippen molar-refractivity contribution in [2.45, 2.75) is 70.3 Å². The summed E-state index contributed by atoms with van der Waals surface area (Å²) in [7, 11) is 0. The Bertz CT molecular complexity index is 1040.